The van der Waals surface area contributed by atoms with Crippen LogP contribution in [-0.2, 0) is 16.0 Å². The summed E-state index contributed by atoms with van der Waals surface area (Å²) < 4.78 is 0. The van der Waals surface area contributed by atoms with Crippen LogP contribution in [0.25, 0.3) is 10.8 Å². The molecule has 3 N–H and O–H groups in total. The lowest BCUT2D eigenvalue weighted by Crippen LogP contribution is -2.45. The number of amides is 2. The zero-order valence-electron chi connectivity index (χ0n) is 14.1. The first-order valence-electron chi connectivity index (χ1n) is 8.42. The van der Waals surface area contributed by atoms with E-state index in [9.17, 15) is 9.59 Å². The normalized spacial score (nSPS) is 16.5. The van der Waals surface area contributed by atoms with Gasteiger partial charge in [0.15, 0.2) is 0 Å². The number of halogens is 1. The topological polar surface area (TPSA) is 75.4 Å². The van der Waals surface area contributed by atoms with Crippen molar-refractivity contribution in [3.63, 3.8) is 0 Å². The van der Waals surface area contributed by atoms with Crippen molar-refractivity contribution in [1.29, 1.82) is 0 Å². The lowest BCUT2D eigenvalue weighted by atomic mass is 10.0. The van der Waals surface area contributed by atoms with Crippen molar-refractivity contribution in [1.82, 2.24) is 10.2 Å². The van der Waals surface area contributed by atoms with Gasteiger partial charge >= 0.3 is 0 Å². The average Bonchev–Trinajstić information content (AvgIpc) is 3.09. The molecule has 0 bridgehead atoms. The van der Waals surface area contributed by atoms with Gasteiger partial charge in [0.25, 0.3) is 0 Å². The summed E-state index contributed by atoms with van der Waals surface area (Å²) >= 11 is 0. The van der Waals surface area contributed by atoms with E-state index in [1.54, 1.807) is 4.90 Å². The van der Waals surface area contributed by atoms with Gasteiger partial charge in [-0.3, -0.25) is 9.59 Å². The molecule has 1 aliphatic heterocycles. The van der Waals surface area contributed by atoms with Crippen LogP contribution in [0, 0.1) is 0 Å². The molecule has 1 saturated heterocycles. The van der Waals surface area contributed by atoms with Crippen molar-refractivity contribution in [2.24, 2.45) is 5.73 Å². The van der Waals surface area contributed by atoms with E-state index in [0.717, 1.165) is 35.7 Å². The van der Waals surface area contributed by atoms with Gasteiger partial charge in [0.2, 0.25) is 11.8 Å². The molecular weight excluding hydrogens is 338 g/mol. The molecule has 1 aliphatic rings. The highest BCUT2D eigenvalue weighted by Gasteiger charge is 2.27. The van der Waals surface area contributed by atoms with Crippen molar-refractivity contribution >= 4 is 35.0 Å². The number of nitrogens with zero attached hydrogens (tertiary/aromatic N) is 1. The second-order valence-corrected chi connectivity index (χ2v) is 6.21. The third kappa shape index (κ3) is 4.50. The number of hydrogen-bond donors (Lipinski definition) is 2. The van der Waals surface area contributed by atoms with Crippen molar-refractivity contribution in [3.05, 3.63) is 48.0 Å². The monoisotopic (exact) mass is 361 g/mol. The van der Waals surface area contributed by atoms with E-state index in [-0.39, 0.29) is 43.2 Å². The molecule has 2 amide bonds. The quantitative estimate of drug-likeness (QED) is 0.853. The van der Waals surface area contributed by atoms with Crippen LogP contribution < -0.4 is 11.1 Å². The summed E-state index contributed by atoms with van der Waals surface area (Å²) in [6, 6.07) is 14.0. The van der Waals surface area contributed by atoms with E-state index in [2.05, 4.69) is 5.32 Å². The van der Waals surface area contributed by atoms with Crippen LogP contribution in [0.4, 0.5) is 0 Å². The Balaban J connectivity index is 0.00000225. The Morgan fingerprint density at radius 1 is 1.16 bits per heavy atom. The summed E-state index contributed by atoms with van der Waals surface area (Å²) in [5.41, 5.74) is 6.66. The zero-order valence-corrected chi connectivity index (χ0v) is 14.9. The first-order valence-corrected chi connectivity index (χ1v) is 8.42. The molecular formula is C19H24ClN3O2. The van der Waals surface area contributed by atoms with E-state index in [1.807, 2.05) is 42.5 Å². The molecule has 2 aromatic carbocycles. The Morgan fingerprint density at radius 3 is 2.72 bits per heavy atom. The maximum atomic E-state index is 12.2. The third-order valence-electron chi connectivity index (χ3n) is 4.64. The van der Waals surface area contributed by atoms with Gasteiger partial charge in [-0.25, -0.2) is 0 Å². The fourth-order valence-corrected chi connectivity index (χ4v) is 3.37. The number of nitrogens with one attached hydrogen (secondary N) is 1. The van der Waals surface area contributed by atoms with Gasteiger partial charge in [0, 0.05) is 19.1 Å². The minimum absolute atomic E-state index is 0. The van der Waals surface area contributed by atoms with Gasteiger partial charge in [0.1, 0.15) is 0 Å². The van der Waals surface area contributed by atoms with Crippen LogP contribution in [0.3, 0.4) is 0 Å². The molecule has 1 fully saturated rings. The standard InChI is InChI=1S/C19H23N3O2.ClH/c20-12-16-8-4-10-22(16)19(24)13-21-18(23)11-15-7-3-6-14-5-1-2-9-17(14)15;/h1-3,5-7,9,16H,4,8,10-13,20H2,(H,21,23);1H. The minimum Gasteiger partial charge on any atom is -0.347 e. The van der Waals surface area contributed by atoms with Crippen LogP contribution in [0.1, 0.15) is 18.4 Å². The van der Waals surface area contributed by atoms with Gasteiger partial charge in [-0.05, 0) is 29.2 Å². The highest BCUT2D eigenvalue weighted by molar-refractivity contribution is 5.91. The summed E-state index contributed by atoms with van der Waals surface area (Å²) in [7, 11) is 0. The number of likely N-dealkylation sites (tertiary alicyclic amines) is 1. The number of carbonyl (C=O) groups is 2. The molecule has 0 aromatic heterocycles. The number of benzene rings is 2. The molecule has 0 spiro atoms. The van der Waals surface area contributed by atoms with Gasteiger partial charge in [-0.15, -0.1) is 12.4 Å². The molecule has 1 atom stereocenters. The summed E-state index contributed by atoms with van der Waals surface area (Å²) in [5.74, 6) is -0.183. The van der Waals surface area contributed by atoms with Crippen molar-refractivity contribution in [2.75, 3.05) is 19.6 Å². The highest BCUT2D eigenvalue weighted by Crippen LogP contribution is 2.19. The Bertz CT molecular complexity index is 745. The molecule has 5 nitrogen and oxygen atoms in total. The number of rotatable bonds is 5. The van der Waals surface area contributed by atoms with Crippen molar-refractivity contribution < 1.29 is 9.59 Å². The van der Waals surface area contributed by atoms with E-state index < -0.39 is 0 Å². The number of fused-ring (bicyclic) bond motifs is 1. The molecule has 1 heterocycles. The molecule has 0 aliphatic carbocycles. The third-order valence-corrected chi connectivity index (χ3v) is 4.64. The molecule has 134 valence electrons. The Hall–Kier alpha value is -2.11. The van der Waals surface area contributed by atoms with E-state index in [4.69, 9.17) is 5.73 Å². The largest absolute Gasteiger partial charge is 0.347 e. The van der Waals surface area contributed by atoms with Gasteiger partial charge < -0.3 is 16.0 Å². The van der Waals surface area contributed by atoms with Crippen LogP contribution in [0.5, 0.6) is 0 Å². The summed E-state index contributed by atoms with van der Waals surface area (Å²) in [6.45, 7) is 1.26. The van der Waals surface area contributed by atoms with Gasteiger partial charge in [-0.2, -0.15) is 0 Å². The SMILES string of the molecule is Cl.NCC1CCCN1C(=O)CNC(=O)Cc1cccc2ccccc12. The predicted molar refractivity (Wildman–Crippen MR) is 102 cm³/mol. The molecule has 1 unspecified atom stereocenters. The summed E-state index contributed by atoms with van der Waals surface area (Å²) in [6.07, 6.45) is 2.21. The highest BCUT2D eigenvalue weighted by atomic mass is 35.5. The first-order chi connectivity index (χ1) is 11.7. The smallest absolute Gasteiger partial charge is 0.242 e. The fraction of sp³-hybridized carbons (Fsp3) is 0.368. The zero-order chi connectivity index (χ0) is 16.9. The first kappa shape index (κ1) is 19.2. The van der Waals surface area contributed by atoms with Crippen LogP contribution in [0.2, 0.25) is 0 Å². The average molecular weight is 362 g/mol. The minimum atomic E-state index is -0.136. The summed E-state index contributed by atoms with van der Waals surface area (Å²) in [5, 5.41) is 4.93. The Morgan fingerprint density at radius 2 is 1.92 bits per heavy atom. The number of nitrogens with two attached hydrogens (primary N) is 1. The molecule has 0 radical (unpaired) electrons. The van der Waals surface area contributed by atoms with E-state index >= 15 is 0 Å². The lowest BCUT2D eigenvalue weighted by molar-refractivity contribution is -0.133. The molecule has 3 rings (SSSR count). The van der Waals surface area contributed by atoms with Crippen LogP contribution in [-0.4, -0.2) is 42.4 Å². The summed E-state index contributed by atoms with van der Waals surface area (Å²) in [4.78, 5) is 26.2. The van der Waals surface area contributed by atoms with Crippen molar-refractivity contribution in [2.45, 2.75) is 25.3 Å². The lowest BCUT2D eigenvalue weighted by Gasteiger charge is -2.23. The van der Waals surface area contributed by atoms with Gasteiger partial charge in [0.05, 0.1) is 13.0 Å². The van der Waals surface area contributed by atoms with Gasteiger partial charge in [-0.1, -0.05) is 42.5 Å². The second-order valence-electron chi connectivity index (χ2n) is 6.21. The van der Waals surface area contributed by atoms with Crippen LogP contribution >= 0.6 is 12.4 Å². The predicted octanol–water partition coefficient (Wildman–Crippen LogP) is 1.87. The van der Waals surface area contributed by atoms with E-state index in [0.29, 0.717) is 6.54 Å². The number of carbonyl (C=O) groups excluding carboxylic acids is 2. The second kappa shape index (κ2) is 8.83. The Kier molecular flexibility index (Phi) is 6.79. The Labute approximate surface area is 154 Å². The molecule has 0 saturated carbocycles. The maximum Gasteiger partial charge on any atom is 0.242 e. The fourth-order valence-electron chi connectivity index (χ4n) is 3.37. The van der Waals surface area contributed by atoms with E-state index in [1.165, 1.54) is 0 Å². The molecule has 2 aromatic rings. The van der Waals surface area contributed by atoms with Crippen molar-refractivity contribution in [3.8, 4) is 0 Å². The molecule has 25 heavy (non-hydrogen) atoms. The maximum absolute atomic E-state index is 12.2. The van der Waals surface area contributed by atoms with Crippen LogP contribution in [0.15, 0.2) is 42.5 Å². The molecule has 6 heteroatoms. The number of hydrogen-bond acceptors (Lipinski definition) is 3.